The van der Waals surface area contributed by atoms with E-state index in [4.69, 9.17) is 17.0 Å². The van der Waals surface area contributed by atoms with E-state index < -0.39 is 20.8 Å². The Bertz CT molecular complexity index is 173. The summed E-state index contributed by atoms with van der Waals surface area (Å²) in [4.78, 5) is 0. The zero-order valence-corrected chi connectivity index (χ0v) is 19.3. The van der Waals surface area contributed by atoms with Crippen molar-refractivity contribution in [3.05, 3.63) is 70.9 Å². The van der Waals surface area contributed by atoms with Crippen molar-refractivity contribution in [1.82, 2.24) is 0 Å². The van der Waals surface area contributed by atoms with Crippen LogP contribution in [0.25, 0.3) is 0 Å². The van der Waals surface area contributed by atoms with Gasteiger partial charge in [-0.05, 0) is 0 Å². The molecule has 2 rings (SSSR count). The minimum atomic E-state index is -0.826. The fraction of sp³-hybridized carbons (Fsp3) is 0.154. The summed E-state index contributed by atoms with van der Waals surface area (Å²) < 4.78 is 0. The van der Waals surface area contributed by atoms with E-state index in [-0.39, 0.29) is 73.3 Å². The largest absolute Gasteiger partial charge is 2.00 e. The molecule has 0 atom stereocenters. The molecule has 0 aromatic rings. The summed E-state index contributed by atoms with van der Waals surface area (Å²) in [5, 5.41) is 0. The first-order valence-corrected chi connectivity index (χ1v) is 10.1. The Morgan fingerprint density at radius 3 is 1.11 bits per heavy atom. The fourth-order valence-electron chi connectivity index (χ4n) is 0.680. The average molecular weight is 500 g/mol. The predicted octanol–water partition coefficient (Wildman–Crippen LogP) is -0.656. The topological polar surface area (TPSA) is 0 Å². The van der Waals surface area contributed by atoms with Crippen LogP contribution in [-0.4, -0.2) is 0 Å². The minimum absolute atomic E-state index is 0. The van der Waals surface area contributed by atoms with Gasteiger partial charge in [-0.2, -0.15) is 12.2 Å². The second-order valence-electron chi connectivity index (χ2n) is 2.08. The van der Waals surface area contributed by atoms with Crippen LogP contribution in [0.1, 0.15) is 12.8 Å². The van der Waals surface area contributed by atoms with Crippen LogP contribution in [0.3, 0.4) is 0 Å². The molecule has 0 spiro atoms. The molecule has 0 radical (unpaired) electrons. The van der Waals surface area contributed by atoms with Crippen molar-refractivity contribution >= 4 is 17.0 Å². The molecular formula is C13H19Cl4Zr2-5. The van der Waals surface area contributed by atoms with Crippen LogP contribution in [0.2, 0.25) is 0 Å². The van der Waals surface area contributed by atoms with Gasteiger partial charge in [-0.1, -0.05) is 0 Å². The number of halogens is 4. The van der Waals surface area contributed by atoms with E-state index in [0.29, 0.717) is 0 Å². The van der Waals surface area contributed by atoms with Gasteiger partial charge in [-0.25, -0.2) is 24.3 Å². The van der Waals surface area contributed by atoms with Gasteiger partial charge in [0.1, 0.15) is 0 Å². The zero-order valence-electron chi connectivity index (χ0n) is 11.4. The first kappa shape index (κ1) is 42.8. The summed E-state index contributed by atoms with van der Waals surface area (Å²) in [6.45, 7) is 0. The number of hydrogen-bond acceptors (Lipinski definition) is 0. The zero-order chi connectivity index (χ0) is 9.78. The van der Waals surface area contributed by atoms with Crippen LogP contribution in [0.5, 0.6) is 0 Å². The molecule has 0 bridgehead atoms. The first-order chi connectivity index (χ1) is 6.41. The third-order valence-electron chi connectivity index (χ3n) is 1.17. The molecule has 0 saturated heterocycles. The molecule has 2 aliphatic rings. The van der Waals surface area contributed by atoms with Crippen molar-refractivity contribution < 1.29 is 71.9 Å². The molecule has 0 aliphatic heterocycles. The van der Waals surface area contributed by atoms with Gasteiger partial charge in [0, 0.05) is 0 Å². The van der Waals surface area contributed by atoms with Gasteiger partial charge in [0.2, 0.25) is 0 Å². The van der Waals surface area contributed by atoms with Crippen molar-refractivity contribution in [3.63, 3.8) is 0 Å². The summed E-state index contributed by atoms with van der Waals surface area (Å²) in [6, 6.07) is 0. The van der Waals surface area contributed by atoms with E-state index in [9.17, 15) is 0 Å². The summed E-state index contributed by atoms with van der Waals surface area (Å²) in [5.41, 5.74) is 0. The molecule has 0 saturated carbocycles. The standard InChI is InChI=1S/2C5H5.3CH3.4ClH.2Zr/c2*1-2-4-5-3-1;;;;;;;;;/h2*1-3H,4H2;3*1H3;4*1H;;/q5*-1;;;;;2*+2/p-4. The van der Waals surface area contributed by atoms with E-state index in [1.165, 1.54) is 0 Å². The number of rotatable bonds is 0. The normalized spacial score (nSPS) is 10.0. The quantitative estimate of drug-likeness (QED) is 0.389. The van der Waals surface area contributed by atoms with Gasteiger partial charge in [-0.3, -0.25) is 12.2 Å². The van der Waals surface area contributed by atoms with Gasteiger partial charge in [0.15, 0.2) is 0 Å². The smallest absolute Gasteiger partial charge is 2.00 e. The van der Waals surface area contributed by atoms with Gasteiger partial charge in [0.25, 0.3) is 0 Å². The second-order valence-corrected chi connectivity index (χ2v) is 5.81. The summed E-state index contributed by atoms with van der Waals surface area (Å²) in [7, 11) is 9.87. The summed E-state index contributed by atoms with van der Waals surface area (Å²) in [6.07, 6.45) is 20.0. The molecule has 0 nitrogen and oxygen atoms in total. The molecule has 0 aromatic carbocycles. The molecule has 0 fully saturated rings. The fourth-order valence-corrected chi connectivity index (χ4v) is 0.680. The van der Waals surface area contributed by atoms with Crippen molar-refractivity contribution in [2.75, 3.05) is 0 Å². The van der Waals surface area contributed by atoms with Crippen LogP contribution in [0, 0.1) is 34.4 Å². The van der Waals surface area contributed by atoms with E-state index in [1.54, 1.807) is 0 Å². The van der Waals surface area contributed by atoms with Gasteiger partial charge in [0.05, 0.1) is 0 Å². The monoisotopic (exact) mass is 495 g/mol. The molecule has 112 valence electrons. The molecule has 2 aliphatic carbocycles. The van der Waals surface area contributed by atoms with E-state index in [0.717, 1.165) is 12.8 Å². The van der Waals surface area contributed by atoms with Crippen molar-refractivity contribution in [1.29, 1.82) is 0 Å². The van der Waals surface area contributed by atoms with E-state index in [1.807, 2.05) is 24.3 Å². The maximum Gasteiger partial charge on any atom is 2.00 e. The van der Waals surface area contributed by atoms with Crippen LogP contribution >= 0.6 is 17.0 Å². The van der Waals surface area contributed by atoms with Gasteiger partial charge in [-0.15, -0.1) is 12.8 Å². The second kappa shape index (κ2) is 42.7. The Balaban J connectivity index is -0.0000000201. The Morgan fingerprint density at radius 1 is 0.789 bits per heavy atom. The average Bonchev–Trinajstić information content (AvgIpc) is 2.85. The van der Waals surface area contributed by atoms with Gasteiger partial charge >= 0.3 is 64.1 Å². The summed E-state index contributed by atoms with van der Waals surface area (Å²) >= 11 is -0.826. The van der Waals surface area contributed by atoms with Crippen molar-refractivity contribution in [2.45, 2.75) is 12.8 Å². The Labute approximate surface area is 170 Å². The van der Waals surface area contributed by atoms with Crippen LogP contribution in [0.15, 0.2) is 36.5 Å². The molecule has 0 aromatic heterocycles. The third-order valence-corrected chi connectivity index (χ3v) is 1.17. The summed E-state index contributed by atoms with van der Waals surface area (Å²) in [5.74, 6) is 0. The number of hydrogen-bond donors (Lipinski definition) is 0. The van der Waals surface area contributed by atoms with Crippen molar-refractivity contribution in [3.8, 4) is 0 Å². The van der Waals surface area contributed by atoms with E-state index >= 15 is 0 Å². The van der Waals surface area contributed by atoms with Crippen LogP contribution in [-0.2, 0) is 47.1 Å². The molecule has 0 heterocycles. The van der Waals surface area contributed by atoms with E-state index in [2.05, 4.69) is 24.3 Å². The predicted molar refractivity (Wildman–Crippen MR) is 74.1 cm³/mol. The number of allylic oxidation sites excluding steroid dienone is 8. The SMILES string of the molecule is [C-]1=CC=CC1.[C-]1=CC=CC1.[CH3-].[CH3-].[CH3-].[Cl-].[Cl-].[Cl][Zr][Cl].[Zr+2]. The molecule has 0 amide bonds. The Morgan fingerprint density at radius 2 is 1.05 bits per heavy atom. The van der Waals surface area contributed by atoms with Crippen molar-refractivity contribution in [2.24, 2.45) is 0 Å². The molecule has 6 heteroatoms. The Hall–Kier alpha value is 1.89. The molecular weight excluding hydrogens is 480 g/mol. The third kappa shape index (κ3) is 45.0. The first-order valence-electron chi connectivity index (χ1n) is 3.81. The molecule has 19 heavy (non-hydrogen) atoms. The van der Waals surface area contributed by atoms with Crippen LogP contribution in [0.4, 0.5) is 0 Å². The minimum Gasteiger partial charge on any atom is 2.00 e. The maximum atomic E-state index is 4.93. The molecule has 0 unspecified atom stereocenters. The van der Waals surface area contributed by atoms with Crippen LogP contribution < -0.4 is 24.8 Å². The van der Waals surface area contributed by atoms with Gasteiger partial charge < -0.3 is 47.1 Å². The Kier molecular flexibility index (Phi) is 96.3. The maximum absolute atomic E-state index is 4.93. The molecule has 0 N–H and O–H groups in total.